The number of rotatable bonds is 3. The molecule has 1 saturated heterocycles. The lowest BCUT2D eigenvalue weighted by atomic mass is 9.89. The Morgan fingerprint density at radius 3 is 2.70 bits per heavy atom. The molecule has 0 aromatic carbocycles. The number of hydrogen-bond acceptors (Lipinski definition) is 2. The third-order valence-corrected chi connectivity index (χ3v) is 6.10. The van der Waals surface area contributed by atoms with Gasteiger partial charge in [0.05, 0.1) is 11.3 Å². The number of imidazole rings is 1. The second kappa shape index (κ2) is 7.34. The summed E-state index contributed by atoms with van der Waals surface area (Å²) in [4.78, 5) is 19.6. The monoisotopic (exact) mass is 363 g/mol. The summed E-state index contributed by atoms with van der Waals surface area (Å²) in [7, 11) is 0. The summed E-state index contributed by atoms with van der Waals surface area (Å²) in [6.07, 6.45) is 12.1. The third-order valence-electron chi connectivity index (χ3n) is 6.10. The second-order valence-corrected chi connectivity index (χ2v) is 8.12. The van der Waals surface area contributed by atoms with Gasteiger partial charge in [0.25, 0.3) is 5.91 Å². The molecule has 0 saturated carbocycles. The van der Waals surface area contributed by atoms with E-state index in [-0.39, 0.29) is 5.91 Å². The Morgan fingerprint density at radius 1 is 1.19 bits per heavy atom. The Kier molecular flexibility index (Phi) is 4.90. The number of amides is 1. The first kappa shape index (κ1) is 18.0. The standard InChI is InChI=1S/C23H29N3O/c1-16-7-8-19(13-17(16)2)14-21-18(3)24-22-10-9-20(15-26(21)22)23(27)25-11-5-4-6-12-25/h8-10,13,15-16H,4-7,11-12,14H2,1-3H3. The van der Waals surface area contributed by atoms with Crippen LogP contribution in [0.25, 0.3) is 5.65 Å². The number of fused-ring (bicyclic) bond motifs is 1. The summed E-state index contributed by atoms with van der Waals surface area (Å²) in [5.41, 5.74) is 6.71. The topological polar surface area (TPSA) is 37.6 Å². The number of hydrogen-bond donors (Lipinski definition) is 0. The van der Waals surface area contributed by atoms with Crippen molar-refractivity contribution < 1.29 is 4.79 Å². The third kappa shape index (κ3) is 3.58. The van der Waals surface area contributed by atoms with Gasteiger partial charge in [-0.15, -0.1) is 0 Å². The number of aryl methyl sites for hydroxylation is 1. The Labute approximate surface area is 161 Å². The van der Waals surface area contributed by atoms with Crippen LogP contribution >= 0.6 is 0 Å². The highest BCUT2D eigenvalue weighted by Gasteiger charge is 2.20. The van der Waals surface area contributed by atoms with Crippen molar-refractivity contribution in [1.29, 1.82) is 0 Å². The van der Waals surface area contributed by atoms with Gasteiger partial charge in [-0.05, 0) is 63.2 Å². The van der Waals surface area contributed by atoms with Gasteiger partial charge in [0.15, 0.2) is 0 Å². The zero-order valence-corrected chi connectivity index (χ0v) is 16.7. The average molecular weight is 364 g/mol. The first-order valence-electron chi connectivity index (χ1n) is 10.2. The summed E-state index contributed by atoms with van der Waals surface area (Å²) < 4.78 is 2.12. The molecule has 3 heterocycles. The van der Waals surface area contributed by atoms with Gasteiger partial charge < -0.3 is 9.30 Å². The van der Waals surface area contributed by atoms with Crippen molar-refractivity contribution in [2.45, 2.75) is 52.9 Å². The highest BCUT2D eigenvalue weighted by atomic mass is 16.2. The van der Waals surface area contributed by atoms with Crippen molar-refractivity contribution in [2.75, 3.05) is 13.1 Å². The molecule has 0 spiro atoms. The molecule has 0 N–H and O–H groups in total. The van der Waals surface area contributed by atoms with Crippen molar-refractivity contribution in [3.63, 3.8) is 0 Å². The number of piperidine rings is 1. The fraction of sp³-hybridized carbons (Fsp3) is 0.478. The normalized spacial score (nSPS) is 20.6. The van der Waals surface area contributed by atoms with Crippen LogP contribution in [0.5, 0.6) is 0 Å². The zero-order valence-electron chi connectivity index (χ0n) is 16.7. The SMILES string of the molecule is CC1=CC(Cc2c(C)nc3ccc(C(=O)N4CCCCC4)cn23)=CCC1C. The summed E-state index contributed by atoms with van der Waals surface area (Å²) in [6, 6.07) is 3.90. The Balaban J connectivity index is 1.65. The van der Waals surface area contributed by atoms with Crippen LogP contribution in [0.3, 0.4) is 0 Å². The fourth-order valence-corrected chi connectivity index (χ4v) is 4.15. The lowest BCUT2D eigenvalue weighted by Crippen LogP contribution is -2.35. The molecular formula is C23H29N3O. The largest absolute Gasteiger partial charge is 0.339 e. The molecule has 1 aliphatic carbocycles. The first-order valence-corrected chi connectivity index (χ1v) is 10.2. The molecule has 4 nitrogen and oxygen atoms in total. The summed E-state index contributed by atoms with van der Waals surface area (Å²) in [5, 5.41) is 0. The molecule has 1 fully saturated rings. The molecule has 1 aliphatic heterocycles. The van der Waals surface area contributed by atoms with Crippen molar-refractivity contribution in [2.24, 2.45) is 5.92 Å². The predicted octanol–water partition coefficient (Wildman–Crippen LogP) is 4.72. The van der Waals surface area contributed by atoms with Crippen molar-refractivity contribution >= 4 is 11.6 Å². The van der Waals surface area contributed by atoms with Gasteiger partial charge in [0, 0.05) is 31.4 Å². The molecule has 0 radical (unpaired) electrons. The maximum absolute atomic E-state index is 12.9. The molecule has 0 bridgehead atoms. The van der Waals surface area contributed by atoms with Gasteiger partial charge in [0.1, 0.15) is 5.65 Å². The highest BCUT2D eigenvalue weighted by Crippen LogP contribution is 2.26. The Bertz CT molecular complexity index is 928. The van der Waals surface area contributed by atoms with Crippen molar-refractivity contribution in [1.82, 2.24) is 14.3 Å². The van der Waals surface area contributed by atoms with Crippen molar-refractivity contribution in [3.05, 3.63) is 58.6 Å². The molecule has 1 unspecified atom stereocenters. The van der Waals surface area contributed by atoms with Crippen LogP contribution in [0.2, 0.25) is 0 Å². The Morgan fingerprint density at radius 2 is 1.96 bits per heavy atom. The van der Waals surface area contributed by atoms with Crippen molar-refractivity contribution in [3.8, 4) is 0 Å². The van der Waals surface area contributed by atoms with Gasteiger partial charge in [-0.3, -0.25) is 4.79 Å². The molecule has 2 aromatic rings. The number of pyridine rings is 1. The molecule has 1 atom stereocenters. The fourth-order valence-electron chi connectivity index (χ4n) is 4.15. The maximum Gasteiger partial charge on any atom is 0.255 e. The van der Waals surface area contributed by atoms with E-state index in [4.69, 9.17) is 4.98 Å². The summed E-state index contributed by atoms with van der Waals surface area (Å²) in [5.74, 6) is 0.779. The van der Waals surface area contributed by atoms with Gasteiger partial charge in [-0.2, -0.15) is 0 Å². The minimum atomic E-state index is 0.148. The molecular weight excluding hydrogens is 334 g/mol. The number of allylic oxidation sites excluding steroid dienone is 4. The van der Waals surface area contributed by atoms with Crippen LogP contribution in [0.1, 0.15) is 61.3 Å². The van der Waals surface area contributed by atoms with Gasteiger partial charge in [-0.1, -0.05) is 24.6 Å². The number of likely N-dealkylation sites (tertiary alicyclic amines) is 1. The molecule has 2 aromatic heterocycles. The van der Waals surface area contributed by atoms with Crippen LogP contribution < -0.4 is 0 Å². The van der Waals surface area contributed by atoms with Gasteiger partial charge >= 0.3 is 0 Å². The average Bonchev–Trinajstić information content (AvgIpc) is 2.99. The Hall–Kier alpha value is -2.36. The molecule has 142 valence electrons. The van der Waals surface area contributed by atoms with Crippen LogP contribution in [0, 0.1) is 12.8 Å². The number of carbonyl (C=O) groups is 1. The van der Waals surface area contributed by atoms with Crippen LogP contribution in [0.15, 0.2) is 41.6 Å². The molecule has 4 rings (SSSR count). The van der Waals surface area contributed by atoms with Gasteiger partial charge in [-0.25, -0.2) is 4.98 Å². The van der Waals surface area contributed by atoms with Crippen LogP contribution in [0.4, 0.5) is 0 Å². The lowest BCUT2D eigenvalue weighted by Gasteiger charge is -2.26. The highest BCUT2D eigenvalue weighted by molar-refractivity contribution is 5.94. The van der Waals surface area contributed by atoms with E-state index in [0.717, 1.165) is 55.7 Å². The number of carbonyl (C=O) groups excluding carboxylic acids is 1. The second-order valence-electron chi connectivity index (χ2n) is 8.12. The van der Waals surface area contributed by atoms with Gasteiger partial charge in [0.2, 0.25) is 0 Å². The zero-order chi connectivity index (χ0) is 19.0. The lowest BCUT2D eigenvalue weighted by molar-refractivity contribution is 0.0724. The van der Waals surface area contributed by atoms with E-state index in [9.17, 15) is 4.79 Å². The van der Waals surface area contributed by atoms with E-state index >= 15 is 0 Å². The molecule has 4 heteroatoms. The van der Waals surface area contributed by atoms with E-state index in [1.807, 2.05) is 23.2 Å². The predicted molar refractivity (Wildman–Crippen MR) is 109 cm³/mol. The van der Waals surface area contributed by atoms with E-state index < -0.39 is 0 Å². The number of aromatic nitrogens is 2. The van der Waals surface area contributed by atoms with E-state index in [1.54, 1.807) is 0 Å². The molecule has 2 aliphatic rings. The first-order chi connectivity index (χ1) is 13.0. The van der Waals surface area contributed by atoms with Crippen LogP contribution in [-0.4, -0.2) is 33.3 Å². The van der Waals surface area contributed by atoms with E-state index in [1.165, 1.54) is 23.3 Å². The minimum absolute atomic E-state index is 0.148. The quantitative estimate of drug-likeness (QED) is 0.791. The molecule has 27 heavy (non-hydrogen) atoms. The minimum Gasteiger partial charge on any atom is -0.339 e. The number of nitrogens with zero attached hydrogens (tertiary/aromatic N) is 3. The van der Waals surface area contributed by atoms with E-state index in [0.29, 0.717) is 5.92 Å². The maximum atomic E-state index is 12.9. The van der Waals surface area contributed by atoms with Crippen LogP contribution in [-0.2, 0) is 6.42 Å². The smallest absolute Gasteiger partial charge is 0.255 e. The summed E-state index contributed by atoms with van der Waals surface area (Å²) in [6.45, 7) is 8.31. The van der Waals surface area contributed by atoms with E-state index in [2.05, 4.69) is 37.3 Å². The summed E-state index contributed by atoms with van der Waals surface area (Å²) >= 11 is 0. The molecule has 1 amide bonds.